The van der Waals surface area contributed by atoms with Crippen molar-refractivity contribution in [3.8, 4) is 11.5 Å². The van der Waals surface area contributed by atoms with Gasteiger partial charge in [0.05, 0.1) is 11.6 Å². The second-order valence-corrected chi connectivity index (χ2v) is 9.08. The van der Waals surface area contributed by atoms with Gasteiger partial charge in [-0.3, -0.25) is 9.59 Å². The average Bonchev–Trinajstić information content (AvgIpc) is 2.81. The number of halogens is 1. The Morgan fingerprint density at radius 3 is 2.48 bits per heavy atom. The van der Waals surface area contributed by atoms with Crippen LogP contribution in [0.25, 0.3) is 0 Å². The number of rotatable bonds is 12. The van der Waals surface area contributed by atoms with Gasteiger partial charge in [0.15, 0.2) is 6.61 Å². The Bertz CT molecular complexity index is 932. The Kier molecular flexibility index (Phi) is 10.7. The molecule has 33 heavy (non-hydrogen) atoms. The summed E-state index contributed by atoms with van der Waals surface area (Å²) in [4.78, 5) is 27.8. The molecule has 0 spiro atoms. The SMILES string of the molecule is CCCNC(=O)[C@@H](CC)N(Cc1cccc(OC)c1)C(=O)COc1ccc(C(C)C)cc1Br. The molecule has 0 aliphatic heterocycles. The predicted octanol–water partition coefficient (Wildman–Crippen LogP) is 5.29. The molecular weight excluding hydrogens is 484 g/mol. The quantitative estimate of drug-likeness (QED) is 0.414. The lowest BCUT2D eigenvalue weighted by atomic mass is 10.0. The van der Waals surface area contributed by atoms with E-state index < -0.39 is 6.04 Å². The molecule has 0 aliphatic rings. The number of hydrogen-bond acceptors (Lipinski definition) is 4. The number of hydrogen-bond donors (Lipinski definition) is 1. The Morgan fingerprint density at radius 1 is 1.12 bits per heavy atom. The second-order valence-electron chi connectivity index (χ2n) is 8.22. The van der Waals surface area contributed by atoms with Crippen LogP contribution in [0.3, 0.4) is 0 Å². The van der Waals surface area contributed by atoms with E-state index in [1.54, 1.807) is 12.0 Å². The molecule has 0 heterocycles. The van der Waals surface area contributed by atoms with Gasteiger partial charge in [-0.25, -0.2) is 0 Å². The van der Waals surface area contributed by atoms with Gasteiger partial charge in [0.1, 0.15) is 17.5 Å². The van der Waals surface area contributed by atoms with Gasteiger partial charge < -0.3 is 19.7 Å². The van der Waals surface area contributed by atoms with Crippen molar-refractivity contribution in [3.63, 3.8) is 0 Å². The Labute approximate surface area is 205 Å². The maximum Gasteiger partial charge on any atom is 0.261 e. The summed E-state index contributed by atoms with van der Waals surface area (Å²) in [6.07, 6.45) is 1.33. The number of amides is 2. The van der Waals surface area contributed by atoms with Crippen molar-refractivity contribution in [2.24, 2.45) is 0 Å². The predicted molar refractivity (Wildman–Crippen MR) is 135 cm³/mol. The number of ether oxygens (including phenoxy) is 2. The molecule has 2 rings (SSSR count). The highest BCUT2D eigenvalue weighted by molar-refractivity contribution is 9.10. The molecule has 0 fully saturated rings. The van der Waals surface area contributed by atoms with Crippen LogP contribution in [0.2, 0.25) is 0 Å². The molecule has 1 atom stereocenters. The van der Waals surface area contributed by atoms with Crippen molar-refractivity contribution in [2.45, 2.75) is 59.0 Å². The largest absolute Gasteiger partial charge is 0.497 e. The topological polar surface area (TPSA) is 67.9 Å². The van der Waals surface area contributed by atoms with E-state index in [1.807, 2.05) is 56.3 Å². The number of methoxy groups -OCH3 is 1. The van der Waals surface area contributed by atoms with E-state index in [0.29, 0.717) is 30.4 Å². The summed E-state index contributed by atoms with van der Waals surface area (Å²) < 4.78 is 12.0. The first-order valence-electron chi connectivity index (χ1n) is 11.4. The molecule has 0 radical (unpaired) electrons. The van der Waals surface area contributed by atoms with Crippen LogP contribution >= 0.6 is 15.9 Å². The number of carbonyl (C=O) groups is 2. The van der Waals surface area contributed by atoms with Crippen LogP contribution in [0.5, 0.6) is 11.5 Å². The Morgan fingerprint density at radius 2 is 1.88 bits per heavy atom. The van der Waals surface area contributed by atoms with Crippen molar-refractivity contribution in [2.75, 3.05) is 20.3 Å². The van der Waals surface area contributed by atoms with Crippen LogP contribution < -0.4 is 14.8 Å². The molecule has 6 nitrogen and oxygen atoms in total. The number of nitrogens with zero attached hydrogens (tertiary/aromatic N) is 1. The molecule has 2 amide bonds. The lowest BCUT2D eigenvalue weighted by Crippen LogP contribution is -2.50. The zero-order chi connectivity index (χ0) is 24.4. The highest BCUT2D eigenvalue weighted by Gasteiger charge is 2.29. The summed E-state index contributed by atoms with van der Waals surface area (Å²) in [6, 6.07) is 12.8. The highest BCUT2D eigenvalue weighted by Crippen LogP contribution is 2.29. The normalized spacial score (nSPS) is 11.7. The van der Waals surface area contributed by atoms with Crippen LogP contribution in [-0.2, 0) is 16.1 Å². The highest BCUT2D eigenvalue weighted by atomic mass is 79.9. The van der Waals surface area contributed by atoms with E-state index in [1.165, 1.54) is 5.56 Å². The van der Waals surface area contributed by atoms with E-state index in [-0.39, 0.29) is 25.0 Å². The summed E-state index contributed by atoms with van der Waals surface area (Å²) in [6.45, 7) is 8.84. The molecule has 0 aromatic heterocycles. The zero-order valence-electron chi connectivity index (χ0n) is 20.2. The fourth-order valence-electron chi connectivity index (χ4n) is 3.47. The summed E-state index contributed by atoms with van der Waals surface area (Å²) in [5.41, 5.74) is 2.06. The average molecular weight is 519 g/mol. The fourth-order valence-corrected chi connectivity index (χ4v) is 3.98. The van der Waals surface area contributed by atoms with E-state index in [0.717, 1.165) is 16.5 Å². The first-order chi connectivity index (χ1) is 15.8. The molecule has 0 unspecified atom stereocenters. The lowest BCUT2D eigenvalue weighted by Gasteiger charge is -2.30. The van der Waals surface area contributed by atoms with Gasteiger partial charge in [0.25, 0.3) is 5.91 Å². The Balaban J connectivity index is 2.23. The molecule has 0 saturated carbocycles. The molecule has 180 valence electrons. The standard InChI is InChI=1S/C26H35BrN2O4/c1-6-13-28-26(31)23(7-2)29(16-19-9-8-10-21(14-19)32-5)25(30)17-33-24-12-11-20(18(3)4)15-22(24)27/h8-12,14-15,18,23H,6-7,13,16-17H2,1-5H3,(H,28,31)/t23-/m1/s1. The van der Waals surface area contributed by atoms with E-state index in [2.05, 4.69) is 35.1 Å². The molecular formula is C26H35BrN2O4. The van der Waals surface area contributed by atoms with Gasteiger partial charge >= 0.3 is 0 Å². The van der Waals surface area contributed by atoms with Gasteiger partial charge in [-0.1, -0.05) is 45.9 Å². The van der Waals surface area contributed by atoms with Crippen molar-refractivity contribution >= 4 is 27.7 Å². The molecule has 1 N–H and O–H groups in total. The Hall–Kier alpha value is -2.54. The maximum absolute atomic E-state index is 13.3. The van der Waals surface area contributed by atoms with E-state index >= 15 is 0 Å². The number of benzene rings is 2. The van der Waals surface area contributed by atoms with Crippen molar-refractivity contribution in [1.29, 1.82) is 0 Å². The molecule has 0 saturated heterocycles. The first kappa shape index (κ1) is 26.7. The van der Waals surface area contributed by atoms with Crippen LogP contribution in [0.15, 0.2) is 46.9 Å². The van der Waals surface area contributed by atoms with Gasteiger partial charge in [0.2, 0.25) is 5.91 Å². The molecule has 2 aromatic carbocycles. The van der Waals surface area contributed by atoms with Gasteiger partial charge in [-0.2, -0.15) is 0 Å². The molecule has 2 aromatic rings. The first-order valence-corrected chi connectivity index (χ1v) is 12.2. The smallest absolute Gasteiger partial charge is 0.261 e. The zero-order valence-corrected chi connectivity index (χ0v) is 21.8. The third-order valence-electron chi connectivity index (χ3n) is 5.40. The third kappa shape index (κ3) is 7.77. The number of carbonyl (C=O) groups excluding carboxylic acids is 2. The third-order valence-corrected chi connectivity index (χ3v) is 6.02. The van der Waals surface area contributed by atoms with Crippen molar-refractivity contribution < 1.29 is 19.1 Å². The van der Waals surface area contributed by atoms with Crippen LogP contribution in [0.1, 0.15) is 57.6 Å². The summed E-state index contributed by atoms with van der Waals surface area (Å²) in [5.74, 6) is 1.28. The second kappa shape index (κ2) is 13.2. The fraction of sp³-hybridized carbons (Fsp3) is 0.462. The van der Waals surface area contributed by atoms with Crippen molar-refractivity contribution in [1.82, 2.24) is 10.2 Å². The van der Waals surface area contributed by atoms with Gasteiger partial charge in [-0.15, -0.1) is 0 Å². The molecule has 0 aliphatic carbocycles. The lowest BCUT2D eigenvalue weighted by molar-refractivity contribution is -0.143. The van der Waals surface area contributed by atoms with Gasteiger partial charge in [0, 0.05) is 13.1 Å². The van der Waals surface area contributed by atoms with Crippen LogP contribution in [0, 0.1) is 0 Å². The minimum absolute atomic E-state index is 0.155. The molecule has 0 bridgehead atoms. The minimum Gasteiger partial charge on any atom is -0.497 e. The van der Waals surface area contributed by atoms with Crippen LogP contribution in [0.4, 0.5) is 0 Å². The van der Waals surface area contributed by atoms with Crippen LogP contribution in [-0.4, -0.2) is 43.0 Å². The van der Waals surface area contributed by atoms with E-state index in [4.69, 9.17) is 9.47 Å². The van der Waals surface area contributed by atoms with E-state index in [9.17, 15) is 9.59 Å². The monoisotopic (exact) mass is 518 g/mol. The maximum atomic E-state index is 13.3. The summed E-state index contributed by atoms with van der Waals surface area (Å²) in [5, 5.41) is 2.92. The van der Waals surface area contributed by atoms with Crippen molar-refractivity contribution in [3.05, 3.63) is 58.1 Å². The summed E-state index contributed by atoms with van der Waals surface area (Å²) in [7, 11) is 1.60. The minimum atomic E-state index is -0.592. The molecule has 7 heteroatoms. The number of nitrogens with one attached hydrogen (secondary N) is 1. The van der Waals surface area contributed by atoms with Gasteiger partial charge in [-0.05, 0) is 70.1 Å². The summed E-state index contributed by atoms with van der Waals surface area (Å²) >= 11 is 3.54.